The van der Waals surface area contributed by atoms with Crippen molar-refractivity contribution in [1.29, 1.82) is 0 Å². The lowest BCUT2D eigenvalue weighted by molar-refractivity contribution is 0.252. The number of aromatic nitrogens is 3. The Bertz CT molecular complexity index is 673. The number of thiophene rings is 1. The number of carbonyl (C=O) groups excluding carboxylic acids is 1. The van der Waals surface area contributed by atoms with E-state index in [1.807, 2.05) is 35.7 Å². The van der Waals surface area contributed by atoms with Gasteiger partial charge < -0.3 is 5.32 Å². The molecule has 3 rings (SSSR count). The van der Waals surface area contributed by atoms with E-state index >= 15 is 0 Å². The summed E-state index contributed by atoms with van der Waals surface area (Å²) in [7, 11) is 0. The van der Waals surface area contributed by atoms with E-state index in [0.29, 0.717) is 18.1 Å². The molecule has 0 radical (unpaired) electrons. The zero-order valence-corrected chi connectivity index (χ0v) is 11.4. The van der Waals surface area contributed by atoms with Crippen LogP contribution in [0.15, 0.2) is 41.9 Å². The van der Waals surface area contributed by atoms with E-state index in [1.165, 1.54) is 4.88 Å². The van der Waals surface area contributed by atoms with Crippen molar-refractivity contribution in [3.8, 4) is 0 Å². The lowest BCUT2D eigenvalue weighted by atomic mass is 10.3. The van der Waals surface area contributed by atoms with Gasteiger partial charge in [-0.25, -0.2) is 9.31 Å². The predicted octanol–water partition coefficient (Wildman–Crippen LogP) is 2.16. The summed E-state index contributed by atoms with van der Waals surface area (Å²) < 4.78 is 1.61. The molecule has 3 aromatic heterocycles. The molecule has 0 fully saturated rings. The van der Waals surface area contributed by atoms with Gasteiger partial charge in [-0.1, -0.05) is 12.1 Å². The summed E-state index contributed by atoms with van der Waals surface area (Å²) in [5.74, 6) is 0.296. The lowest BCUT2D eigenvalue weighted by Crippen LogP contribution is -2.30. The fourth-order valence-corrected chi connectivity index (χ4v) is 2.49. The van der Waals surface area contributed by atoms with Gasteiger partial charge in [-0.2, -0.15) is 4.98 Å². The minimum Gasteiger partial charge on any atom is -0.337 e. The minimum atomic E-state index is -0.294. The molecule has 0 spiro atoms. The second-order valence-electron chi connectivity index (χ2n) is 4.15. The number of anilines is 1. The first-order chi connectivity index (χ1) is 9.81. The molecular weight excluding hydrogens is 274 g/mol. The van der Waals surface area contributed by atoms with Crippen molar-refractivity contribution >= 4 is 29.0 Å². The van der Waals surface area contributed by atoms with Crippen molar-refractivity contribution in [3.05, 3.63) is 46.8 Å². The second-order valence-corrected chi connectivity index (χ2v) is 5.18. The molecule has 0 aromatic carbocycles. The predicted molar refractivity (Wildman–Crippen MR) is 78.0 cm³/mol. The van der Waals surface area contributed by atoms with Gasteiger partial charge in [0.15, 0.2) is 5.65 Å². The maximum atomic E-state index is 11.7. The Morgan fingerprint density at radius 1 is 1.30 bits per heavy atom. The maximum Gasteiger partial charge on any atom is 0.321 e. The van der Waals surface area contributed by atoms with Gasteiger partial charge in [-0.05, 0) is 30.0 Å². The van der Waals surface area contributed by atoms with E-state index in [9.17, 15) is 4.79 Å². The van der Waals surface area contributed by atoms with Crippen LogP contribution >= 0.6 is 11.3 Å². The van der Waals surface area contributed by atoms with Crippen LogP contribution in [0.2, 0.25) is 0 Å². The Morgan fingerprint density at radius 3 is 3.05 bits per heavy atom. The molecule has 2 amide bonds. The number of fused-ring (bicyclic) bond motifs is 1. The van der Waals surface area contributed by atoms with E-state index in [4.69, 9.17) is 0 Å². The molecule has 2 N–H and O–H groups in total. The molecule has 0 atom stereocenters. The van der Waals surface area contributed by atoms with E-state index < -0.39 is 0 Å². The third kappa shape index (κ3) is 2.94. The summed E-state index contributed by atoms with van der Waals surface area (Å²) in [5, 5.41) is 11.6. The van der Waals surface area contributed by atoms with Crippen LogP contribution in [0, 0.1) is 0 Å². The van der Waals surface area contributed by atoms with Gasteiger partial charge in [-0.3, -0.25) is 5.32 Å². The SMILES string of the molecule is O=C(NCCc1cccs1)Nc1nc2ccccn2n1. The van der Waals surface area contributed by atoms with E-state index in [1.54, 1.807) is 22.0 Å². The molecule has 102 valence electrons. The molecule has 0 aliphatic heterocycles. The number of amides is 2. The molecule has 3 heterocycles. The van der Waals surface area contributed by atoms with Gasteiger partial charge in [0.1, 0.15) is 0 Å². The third-order valence-corrected chi connectivity index (χ3v) is 3.64. The Labute approximate surface area is 119 Å². The Balaban J connectivity index is 1.53. The number of nitrogens with one attached hydrogen (secondary N) is 2. The number of carbonyl (C=O) groups is 1. The summed E-state index contributed by atoms with van der Waals surface area (Å²) in [6.07, 6.45) is 2.60. The third-order valence-electron chi connectivity index (χ3n) is 2.70. The van der Waals surface area contributed by atoms with Gasteiger partial charge in [0.05, 0.1) is 0 Å². The van der Waals surface area contributed by atoms with Crippen LogP contribution in [0.1, 0.15) is 4.88 Å². The molecule has 0 saturated heterocycles. The van der Waals surface area contributed by atoms with E-state index in [0.717, 1.165) is 6.42 Å². The standard InChI is InChI=1S/C13H13N5OS/c19-13(14-7-6-10-4-3-9-20-10)16-12-15-11-5-1-2-8-18(11)17-12/h1-5,8-9H,6-7H2,(H2,14,16,17,19). The molecule has 3 aromatic rings. The average molecular weight is 287 g/mol. The van der Waals surface area contributed by atoms with Gasteiger partial charge >= 0.3 is 6.03 Å². The van der Waals surface area contributed by atoms with E-state index in [2.05, 4.69) is 20.7 Å². The normalized spacial score (nSPS) is 10.6. The zero-order valence-electron chi connectivity index (χ0n) is 10.6. The fraction of sp³-hybridized carbons (Fsp3) is 0.154. The summed E-state index contributed by atoms with van der Waals surface area (Å²) in [6, 6.07) is 9.31. The monoisotopic (exact) mass is 287 g/mol. The number of hydrogen-bond acceptors (Lipinski definition) is 4. The fourth-order valence-electron chi connectivity index (χ4n) is 1.78. The quantitative estimate of drug-likeness (QED) is 0.772. The average Bonchev–Trinajstić information content (AvgIpc) is 3.06. The molecule has 6 nitrogen and oxygen atoms in total. The maximum absolute atomic E-state index is 11.7. The van der Waals surface area contributed by atoms with Gasteiger partial charge in [0.2, 0.25) is 0 Å². The first kappa shape index (κ1) is 12.6. The number of urea groups is 1. The van der Waals surface area contributed by atoms with Crippen molar-refractivity contribution in [2.24, 2.45) is 0 Å². The van der Waals surface area contributed by atoms with Crippen molar-refractivity contribution in [3.63, 3.8) is 0 Å². The van der Waals surface area contributed by atoms with Crippen molar-refractivity contribution < 1.29 is 4.79 Å². The first-order valence-electron chi connectivity index (χ1n) is 6.20. The van der Waals surface area contributed by atoms with Crippen LogP contribution in [0.4, 0.5) is 10.7 Å². The number of hydrogen-bond donors (Lipinski definition) is 2. The molecule has 20 heavy (non-hydrogen) atoms. The lowest BCUT2D eigenvalue weighted by Gasteiger charge is -2.03. The topological polar surface area (TPSA) is 71.3 Å². The Kier molecular flexibility index (Phi) is 3.60. The second kappa shape index (κ2) is 5.70. The Morgan fingerprint density at radius 2 is 2.25 bits per heavy atom. The summed E-state index contributed by atoms with van der Waals surface area (Å²) >= 11 is 1.68. The highest BCUT2D eigenvalue weighted by Crippen LogP contribution is 2.08. The number of rotatable bonds is 4. The van der Waals surface area contributed by atoms with Crippen LogP contribution in [-0.2, 0) is 6.42 Å². The number of pyridine rings is 1. The van der Waals surface area contributed by atoms with Crippen molar-refractivity contribution in [2.75, 3.05) is 11.9 Å². The van der Waals surface area contributed by atoms with Crippen LogP contribution in [0.5, 0.6) is 0 Å². The van der Waals surface area contributed by atoms with Crippen LogP contribution < -0.4 is 10.6 Å². The summed E-state index contributed by atoms with van der Waals surface area (Å²) in [5.41, 5.74) is 0.696. The number of nitrogens with zero attached hydrogens (tertiary/aromatic N) is 3. The molecule has 0 saturated carbocycles. The van der Waals surface area contributed by atoms with Crippen LogP contribution in [-0.4, -0.2) is 27.2 Å². The molecule has 0 bridgehead atoms. The molecule has 7 heteroatoms. The van der Waals surface area contributed by atoms with Crippen LogP contribution in [0.25, 0.3) is 5.65 Å². The highest BCUT2D eigenvalue weighted by molar-refractivity contribution is 7.09. The molecule has 0 aliphatic rings. The first-order valence-corrected chi connectivity index (χ1v) is 7.08. The van der Waals surface area contributed by atoms with Gasteiger partial charge in [0, 0.05) is 17.6 Å². The summed E-state index contributed by atoms with van der Waals surface area (Å²) in [4.78, 5) is 17.1. The van der Waals surface area contributed by atoms with Gasteiger partial charge in [-0.15, -0.1) is 16.4 Å². The largest absolute Gasteiger partial charge is 0.337 e. The summed E-state index contributed by atoms with van der Waals surface area (Å²) in [6.45, 7) is 0.583. The molecule has 0 aliphatic carbocycles. The molecular formula is C13H13N5OS. The highest BCUT2D eigenvalue weighted by atomic mass is 32.1. The Hall–Kier alpha value is -2.41. The van der Waals surface area contributed by atoms with Gasteiger partial charge in [0.25, 0.3) is 5.95 Å². The molecule has 0 unspecified atom stereocenters. The zero-order chi connectivity index (χ0) is 13.8. The minimum absolute atomic E-state index is 0.294. The van der Waals surface area contributed by atoms with Crippen LogP contribution in [0.3, 0.4) is 0 Å². The smallest absolute Gasteiger partial charge is 0.321 e. The van der Waals surface area contributed by atoms with E-state index in [-0.39, 0.29) is 6.03 Å². The van der Waals surface area contributed by atoms with Crippen molar-refractivity contribution in [2.45, 2.75) is 6.42 Å². The highest BCUT2D eigenvalue weighted by Gasteiger charge is 2.06. The van der Waals surface area contributed by atoms with Crippen molar-refractivity contribution in [1.82, 2.24) is 19.9 Å².